The normalized spacial score (nSPS) is 17.3. The Bertz CT molecular complexity index is 303. The zero-order valence-electron chi connectivity index (χ0n) is 9.23. The zero-order chi connectivity index (χ0) is 12.1. The third-order valence-electron chi connectivity index (χ3n) is 2.59. The summed E-state index contributed by atoms with van der Waals surface area (Å²) in [6.07, 6.45) is 1.74. The van der Waals surface area contributed by atoms with Crippen molar-refractivity contribution in [3.05, 3.63) is 0 Å². The van der Waals surface area contributed by atoms with Crippen LogP contribution >= 0.6 is 0 Å². The molecular formula is C10H16N2O4. The van der Waals surface area contributed by atoms with Gasteiger partial charge in [0.25, 0.3) is 0 Å². The Kier molecular flexibility index (Phi) is 4.28. The number of carboxylic acid groups (broad SMARTS) is 1. The van der Waals surface area contributed by atoms with E-state index >= 15 is 0 Å². The van der Waals surface area contributed by atoms with E-state index in [4.69, 9.17) is 5.11 Å². The van der Waals surface area contributed by atoms with Crippen LogP contribution in [0, 0.1) is 0 Å². The molecule has 2 N–H and O–H groups in total. The molecule has 6 nitrogen and oxygen atoms in total. The Balaban J connectivity index is 2.55. The van der Waals surface area contributed by atoms with Crippen molar-refractivity contribution < 1.29 is 19.5 Å². The summed E-state index contributed by atoms with van der Waals surface area (Å²) in [5, 5.41) is 10.7. The van der Waals surface area contributed by atoms with Gasteiger partial charge in [0.15, 0.2) is 0 Å². The molecule has 1 rings (SSSR count). The molecule has 1 heterocycles. The second-order valence-electron chi connectivity index (χ2n) is 3.73. The summed E-state index contributed by atoms with van der Waals surface area (Å²) in [4.78, 5) is 34.9. The number of carbonyl (C=O) groups is 3. The van der Waals surface area contributed by atoms with Crippen LogP contribution in [0.3, 0.4) is 0 Å². The lowest BCUT2D eigenvalue weighted by atomic mass is 10.2. The van der Waals surface area contributed by atoms with E-state index in [2.05, 4.69) is 5.32 Å². The number of rotatable bonds is 5. The van der Waals surface area contributed by atoms with E-state index in [9.17, 15) is 14.4 Å². The molecule has 0 aromatic carbocycles. The lowest BCUT2D eigenvalue weighted by Gasteiger charge is -2.25. The highest BCUT2D eigenvalue weighted by Crippen LogP contribution is 2.15. The smallest absolute Gasteiger partial charge is 0.322 e. The molecule has 0 spiro atoms. The van der Waals surface area contributed by atoms with Gasteiger partial charge in [-0.05, 0) is 12.8 Å². The average molecular weight is 228 g/mol. The molecule has 16 heavy (non-hydrogen) atoms. The van der Waals surface area contributed by atoms with Gasteiger partial charge < -0.3 is 15.3 Å². The first kappa shape index (κ1) is 12.5. The van der Waals surface area contributed by atoms with Gasteiger partial charge in [0.1, 0.15) is 12.6 Å². The first-order valence-corrected chi connectivity index (χ1v) is 5.35. The Labute approximate surface area is 93.6 Å². The van der Waals surface area contributed by atoms with E-state index in [-0.39, 0.29) is 11.8 Å². The van der Waals surface area contributed by atoms with Crippen LogP contribution in [0.2, 0.25) is 0 Å². The zero-order valence-corrected chi connectivity index (χ0v) is 9.23. The molecule has 1 aliphatic heterocycles. The number of hydrogen-bond donors (Lipinski definition) is 2. The van der Waals surface area contributed by atoms with Gasteiger partial charge in [-0.25, -0.2) is 0 Å². The van der Waals surface area contributed by atoms with Crippen molar-refractivity contribution in [2.24, 2.45) is 0 Å². The van der Waals surface area contributed by atoms with E-state index < -0.39 is 18.6 Å². The summed E-state index contributed by atoms with van der Waals surface area (Å²) in [7, 11) is 0. The molecule has 1 aliphatic rings. The van der Waals surface area contributed by atoms with Crippen LogP contribution in [0.15, 0.2) is 0 Å². The van der Waals surface area contributed by atoms with E-state index in [1.165, 1.54) is 4.90 Å². The fourth-order valence-corrected chi connectivity index (χ4v) is 1.83. The van der Waals surface area contributed by atoms with Crippen molar-refractivity contribution >= 4 is 17.8 Å². The molecule has 1 unspecified atom stereocenters. The fraction of sp³-hybridized carbons (Fsp3) is 0.700. The minimum absolute atomic E-state index is 0.0303. The van der Waals surface area contributed by atoms with Crippen LogP contribution in [-0.2, 0) is 14.4 Å². The number of hydrogen-bond acceptors (Lipinski definition) is 3. The molecule has 0 aromatic rings. The van der Waals surface area contributed by atoms with Gasteiger partial charge in [-0.15, -0.1) is 0 Å². The van der Waals surface area contributed by atoms with Gasteiger partial charge in [0.05, 0.1) is 0 Å². The molecule has 1 atom stereocenters. The Hall–Kier alpha value is -1.59. The minimum atomic E-state index is -1.09. The van der Waals surface area contributed by atoms with Crippen LogP contribution in [0.25, 0.3) is 0 Å². The van der Waals surface area contributed by atoms with Crippen molar-refractivity contribution in [2.45, 2.75) is 32.2 Å². The predicted octanol–water partition coefficient (Wildman–Crippen LogP) is -0.412. The molecule has 2 amide bonds. The third-order valence-corrected chi connectivity index (χ3v) is 2.59. The number of carboxylic acids is 1. The molecule has 90 valence electrons. The lowest BCUT2D eigenvalue weighted by molar-refractivity contribution is -0.140. The maximum atomic E-state index is 11.6. The number of carbonyl (C=O) groups excluding carboxylic acids is 2. The summed E-state index contributed by atoms with van der Waals surface area (Å²) >= 11 is 0. The van der Waals surface area contributed by atoms with Gasteiger partial charge >= 0.3 is 5.97 Å². The molecule has 1 saturated heterocycles. The van der Waals surface area contributed by atoms with Crippen LogP contribution in [0.1, 0.15) is 26.2 Å². The second kappa shape index (κ2) is 5.48. The standard InChI is InChI=1S/C10H16N2O4/c1-2-7(10(16)11-6-9(14)15)12-5-3-4-8(12)13/h7H,2-6H2,1H3,(H,11,16)(H,14,15). The number of aliphatic carboxylic acids is 1. The SMILES string of the molecule is CCC(C(=O)NCC(=O)O)N1CCCC1=O. The number of nitrogens with zero attached hydrogens (tertiary/aromatic N) is 1. The quantitative estimate of drug-likeness (QED) is 0.669. The van der Waals surface area contributed by atoms with Crippen molar-refractivity contribution in [3.63, 3.8) is 0 Å². The Morgan fingerprint density at radius 2 is 2.25 bits per heavy atom. The van der Waals surface area contributed by atoms with Gasteiger partial charge in [-0.1, -0.05) is 6.92 Å². The molecule has 0 radical (unpaired) electrons. The van der Waals surface area contributed by atoms with E-state index in [1.54, 1.807) is 6.92 Å². The van der Waals surface area contributed by atoms with Crippen molar-refractivity contribution in [1.82, 2.24) is 10.2 Å². The molecule has 6 heteroatoms. The molecule has 0 saturated carbocycles. The highest BCUT2D eigenvalue weighted by molar-refractivity contribution is 5.90. The monoisotopic (exact) mass is 228 g/mol. The maximum Gasteiger partial charge on any atom is 0.322 e. The largest absolute Gasteiger partial charge is 0.480 e. The Morgan fingerprint density at radius 1 is 1.56 bits per heavy atom. The average Bonchev–Trinajstić information content (AvgIpc) is 2.63. The van der Waals surface area contributed by atoms with Crippen LogP contribution in [-0.4, -0.2) is 46.9 Å². The fourth-order valence-electron chi connectivity index (χ4n) is 1.83. The summed E-state index contributed by atoms with van der Waals surface area (Å²) in [5.41, 5.74) is 0. The molecule has 1 fully saturated rings. The maximum absolute atomic E-state index is 11.6. The number of amides is 2. The van der Waals surface area contributed by atoms with Crippen LogP contribution in [0.4, 0.5) is 0 Å². The number of likely N-dealkylation sites (tertiary alicyclic amines) is 1. The summed E-state index contributed by atoms with van der Waals surface area (Å²) in [6, 6.07) is -0.533. The van der Waals surface area contributed by atoms with Crippen LogP contribution < -0.4 is 5.32 Å². The number of nitrogens with one attached hydrogen (secondary N) is 1. The van der Waals surface area contributed by atoms with Crippen molar-refractivity contribution in [1.29, 1.82) is 0 Å². The molecule has 0 bridgehead atoms. The van der Waals surface area contributed by atoms with Crippen molar-refractivity contribution in [3.8, 4) is 0 Å². The molecule has 0 aromatic heterocycles. The van der Waals surface area contributed by atoms with Gasteiger partial charge in [0.2, 0.25) is 11.8 Å². The van der Waals surface area contributed by atoms with Gasteiger partial charge in [-0.3, -0.25) is 14.4 Å². The lowest BCUT2D eigenvalue weighted by Crippen LogP contribution is -2.48. The highest BCUT2D eigenvalue weighted by Gasteiger charge is 2.31. The first-order chi connectivity index (χ1) is 7.56. The van der Waals surface area contributed by atoms with E-state index in [0.29, 0.717) is 19.4 Å². The summed E-state index contributed by atoms with van der Waals surface area (Å²) in [6.45, 7) is 1.98. The third kappa shape index (κ3) is 2.95. The predicted molar refractivity (Wildman–Crippen MR) is 55.7 cm³/mol. The van der Waals surface area contributed by atoms with Gasteiger partial charge in [-0.2, -0.15) is 0 Å². The van der Waals surface area contributed by atoms with Gasteiger partial charge in [0, 0.05) is 13.0 Å². The first-order valence-electron chi connectivity index (χ1n) is 5.35. The second-order valence-corrected chi connectivity index (χ2v) is 3.73. The summed E-state index contributed by atoms with van der Waals surface area (Å²) in [5.74, 6) is -1.51. The van der Waals surface area contributed by atoms with Crippen molar-refractivity contribution in [2.75, 3.05) is 13.1 Å². The Morgan fingerprint density at radius 3 is 2.69 bits per heavy atom. The van der Waals surface area contributed by atoms with Crippen LogP contribution in [0.5, 0.6) is 0 Å². The highest BCUT2D eigenvalue weighted by atomic mass is 16.4. The summed E-state index contributed by atoms with van der Waals surface area (Å²) < 4.78 is 0. The van der Waals surface area contributed by atoms with E-state index in [1.807, 2.05) is 0 Å². The molecular weight excluding hydrogens is 212 g/mol. The minimum Gasteiger partial charge on any atom is -0.480 e. The van der Waals surface area contributed by atoms with E-state index in [0.717, 1.165) is 6.42 Å². The molecule has 0 aliphatic carbocycles. The topological polar surface area (TPSA) is 86.7 Å².